The number of carbonyl (C=O) groups excluding carboxylic acids is 2. The number of methoxy groups -OCH3 is 2. The van der Waals surface area contributed by atoms with Gasteiger partial charge in [0.15, 0.2) is 11.5 Å². The van der Waals surface area contributed by atoms with Crippen molar-refractivity contribution in [2.75, 3.05) is 21.0 Å². The zero-order valence-electron chi connectivity index (χ0n) is 17.7. The predicted octanol–water partition coefficient (Wildman–Crippen LogP) is 3.58. The molecule has 2 aromatic rings. The molecule has 166 valence electrons. The van der Waals surface area contributed by atoms with Gasteiger partial charge in [0, 0.05) is 11.6 Å². The molecule has 0 saturated heterocycles. The fourth-order valence-electron chi connectivity index (χ4n) is 3.01. The maximum absolute atomic E-state index is 12.8. The molecular weight excluding hydrogens is 426 g/mol. The predicted molar refractivity (Wildman–Crippen MR) is 113 cm³/mol. The number of hydrogen-bond donors (Lipinski definition) is 1. The van der Waals surface area contributed by atoms with Gasteiger partial charge in [0.05, 0.1) is 19.2 Å². The molecule has 8 nitrogen and oxygen atoms in total. The van der Waals surface area contributed by atoms with Gasteiger partial charge in [0.1, 0.15) is 24.1 Å². The first kappa shape index (κ1) is 22.6. The second-order valence-corrected chi connectivity index (χ2v) is 7.62. The van der Waals surface area contributed by atoms with Crippen LogP contribution in [0, 0.1) is 5.92 Å². The van der Waals surface area contributed by atoms with Crippen molar-refractivity contribution < 1.29 is 33.3 Å². The molecule has 0 aliphatic carbocycles. The van der Waals surface area contributed by atoms with Gasteiger partial charge in [0.25, 0.3) is 5.91 Å². The lowest BCUT2D eigenvalue weighted by Crippen LogP contribution is -2.45. The van der Waals surface area contributed by atoms with E-state index in [0.717, 1.165) is 0 Å². The van der Waals surface area contributed by atoms with Gasteiger partial charge in [-0.3, -0.25) is 4.79 Å². The number of carbonyl (C=O) groups is 2. The summed E-state index contributed by atoms with van der Waals surface area (Å²) in [5.74, 6) is 0.688. The zero-order valence-corrected chi connectivity index (χ0v) is 18.4. The van der Waals surface area contributed by atoms with Crippen LogP contribution in [0.1, 0.15) is 29.8 Å². The van der Waals surface area contributed by atoms with Gasteiger partial charge >= 0.3 is 5.97 Å². The van der Waals surface area contributed by atoms with E-state index < -0.39 is 17.9 Å². The van der Waals surface area contributed by atoms with Crippen molar-refractivity contribution in [1.29, 1.82) is 0 Å². The number of hydrogen-bond acceptors (Lipinski definition) is 7. The van der Waals surface area contributed by atoms with Crippen LogP contribution in [0.15, 0.2) is 30.3 Å². The normalized spacial score (nSPS) is 13.0. The fraction of sp³-hybridized carbons (Fsp3) is 0.364. The Bertz CT molecular complexity index is 954. The van der Waals surface area contributed by atoms with Gasteiger partial charge in [-0.05, 0) is 35.7 Å². The van der Waals surface area contributed by atoms with Gasteiger partial charge in [-0.1, -0.05) is 25.4 Å². The first-order chi connectivity index (χ1) is 14.8. The first-order valence-corrected chi connectivity index (χ1v) is 9.98. The molecule has 1 atom stereocenters. The second-order valence-electron chi connectivity index (χ2n) is 7.22. The van der Waals surface area contributed by atoms with E-state index in [2.05, 4.69) is 5.32 Å². The van der Waals surface area contributed by atoms with Crippen molar-refractivity contribution in [2.45, 2.75) is 26.5 Å². The lowest BCUT2D eigenvalue weighted by molar-refractivity contribution is -0.148. The van der Waals surface area contributed by atoms with Crippen LogP contribution in [-0.4, -0.2) is 38.9 Å². The monoisotopic (exact) mass is 449 g/mol. The van der Waals surface area contributed by atoms with Crippen molar-refractivity contribution in [1.82, 2.24) is 5.32 Å². The SMILES string of the molecule is COc1cc(OC)cc(C(=O)N[C@H](C(=O)OCc2cc(Cl)c3c(c2)OCO3)C(C)C)c1. The van der Waals surface area contributed by atoms with E-state index in [9.17, 15) is 9.59 Å². The number of nitrogens with one attached hydrogen (secondary N) is 1. The van der Waals surface area contributed by atoms with Crippen LogP contribution in [0.2, 0.25) is 5.02 Å². The molecule has 0 unspecified atom stereocenters. The van der Waals surface area contributed by atoms with Crippen molar-refractivity contribution in [3.8, 4) is 23.0 Å². The summed E-state index contributed by atoms with van der Waals surface area (Å²) in [5, 5.41) is 3.11. The molecule has 1 amide bonds. The molecule has 0 saturated carbocycles. The summed E-state index contributed by atoms with van der Waals surface area (Å²) in [5.41, 5.74) is 0.950. The van der Waals surface area contributed by atoms with Gasteiger partial charge < -0.3 is 29.0 Å². The van der Waals surface area contributed by atoms with E-state index in [0.29, 0.717) is 39.1 Å². The van der Waals surface area contributed by atoms with Gasteiger partial charge in [-0.25, -0.2) is 4.79 Å². The molecular formula is C22H24ClNO7. The Kier molecular flexibility index (Phi) is 7.12. The van der Waals surface area contributed by atoms with Crippen molar-refractivity contribution in [2.24, 2.45) is 5.92 Å². The first-order valence-electron chi connectivity index (χ1n) is 9.61. The van der Waals surface area contributed by atoms with Crippen LogP contribution >= 0.6 is 11.6 Å². The number of amides is 1. The Balaban J connectivity index is 1.68. The van der Waals surface area contributed by atoms with Crippen LogP contribution in [-0.2, 0) is 16.1 Å². The summed E-state index contributed by atoms with van der Waals surface area (Å²) >= 11 is 6.17. The average molecular weight is 450 g/mol. The quantitative estimate of drug-likeness (QED) is 0.615. The molecule has 1 N–H and O–H groups in total. The topological polar surface area (TPSA) is 92.3 Å². The highest BCUT2D eigenvalue weighted by molar-refractivity contribution is 6.32. The largest absolute Gasteiger partial charge is 0.497 e. The molecule has 1 aliphatic heterocycles. The van der Waals surface area contributed by atoms with E-state index in [1.165, 1.54) is 14.2 Å². The molecule has 1 aliphatic rings. The minimum Gasteiger partial charge on any atom is -0.497 e. The molecule has 31 heavy (non-hydrogen) atoms. The number of fused-ring (bicyclic) bond motifs is 1. The van der Waals surface area contributed by atoms with Crippen LogP contribution in [0.4, 0.5) is 0 Å². The lowest BCUT2D eigenvalue weighted by Gasteiger charge is -2.21. The third-order valence-corrected chi connectivity index (χ3v) is 4.97. The van der Waals surface area contributed by atoms with Crippen molar-refractivity contribution in [3.63, 3.8) is 0 Å². The Labute approximate surface area is 185 Å². The fourth-order valence-corrected chi connectivity index (χ4v) is 3.30. The Morgan fingerprint density at radius 3 is 2.35 bits per heavy atom. The molecule has 3 rings (SSSR count). The van der Waals surface area contributed by atoms with Crippen LogP contribution in [0.5, 0.6) is 23.0 Å². The van der Waals surface area contributed by atoms with Crippen LogP contribution < -0.4 is 24.3 Å². The van der Waals surface area contributed by atoms with Crippen LogP contribution in [0.3, 0.4) is 0 Å². The van der Waals surface area contributed by atoms with Gasteiger partial charge in [-0.15, -0.1) is 0 Å². The number of rotatable bonds is 8. The molecule has 0 fully saturated rings. The van der Waals surface area contributed by atoms with Gasteiger partial charge in [-0.2, -0.15) is 0 Å². The average Bonchev–Trinajstić information content (AvgIpc) is 3.24. The second kappa shape index (κ2) is 9.78. The minimum absolute atomic E-state index is 0.0265. The standard InChI is InChI=1S/C22H24ClNO7/c1-12(2)19(24-21(25)14-7-15(27-3)9-16(8-14)28-4)22(26)29-10-13-5-17(23)20-18(6-13)30-11-31-20/h5-9,12,19H,10-11H2,1-4H3,(H,24,25)/t19-/m0/s1. The molecule has 2 aromatic carbocycles. The molecule has 0 aromatic heterocycles. The van der Waals surface area contributed by atoms with E-state index in [1.807, 2.05) is 13.8 Å². The Morgan fingerprint density at radius 2 is 1.74 bits per heavy atom. The van der Waals surface area contributed by atoms with Crippen molar-refractivity contribution in [3.05, 3.63) is 46.5 Å². The maximum atomic E-state index is 12.8. The van der Waals surface area contributed by atoms with Gasteiger partial charge in [0.2, 0.25) is 6.79 Å². The third kappa shape index (κ3) is 5.32. The summed E-state index contributed by atoms with van der Waals surface area (Å²) in [7, 11) is 2.99. The smallest absolute Gasteiger partial charge is 0.329 e. The summed E-state index contributed by atoms with van der Waals surface area (Å²) in [4.78, 5) is 25.5. The van der Waals surface area contributed by atoms with E-state index in [1.54, 1.807) is 30.3 Å². The maximum Gasteiger partial charge on any atom is 0.329 e. The Morgan fingerprint density at radius 1 is 1.06 bits per heavy atom. The molecule has 0 bridgehead atoms. The molecule has 1 heterocycles. The van der Waals surface area contributed by atoms with E-state index >= 15 is 0 Å². The van der Waals surface area contributed by atoms with E-state index in [4.69, 9.17) is 35.3 Å². The number of ether oxygens (including phenoxy) is 5. The lowest BCUT2D eigenvalue weighted by atomic mass is 10.0. The summed E-state index contributed by atoms with van der Waals surface area (Å²) in [6.07, 6.45) is 0. The Hall–Kier alpha value is -3.13. The van der Waals surface area contributed by atoms with Crippen LogP contribution in [0.25, 0.3) is 0 Å². The summed E-state index contributed by atoms with van der Waals surface area (Å²) in [6.45, 7) is 3.70. The number of esters is 1. The number of halogens is 1. The minimum atomic E-state index is -0.853. The molecule has 0 radical (unpaired) electrons. The molecule has 0 spiro atoms. The molecule has 9 heteroatoms. The van der Waals surface area contributed by atoms with E-state index in [-0.39, 0.29) is 19.3 Å². The third-order valence-electron chi connectivity index (χ3n) is 4.69. The highest BCUT2D eigenvalue weighted by Crippen LogP contribution is 2.39. The number of benzene rings is 2. The highest BCUT2D eigenvalue weighted by atomic mass is 35.5. The summed E-state index contributed by atoms with van der Waals surface area (Å²) < 4.78 is 26.4. The highest BCUT2D eigenvalue weighted by Gasteiger charge is 2.27. The summed E-state index contributed by atoms with van der Waals surface area (Å²) in [6, 6.07) is 7.28. The zero-order chi connectivity index (χ0) is 22.5. The van der Waals surface area contributed by atoms with Crippen molar-refractivity contribution >= 4 is 23.5 Å².